The van der Waals surface area contributed by atoms with Crippen molar-refractivity contribution in [3.05, 3.63) is 0 Å². The number of methoxy groups -OCH3 is 1. The zero-order valence-electron chi connectivity index (χ0n) is 13.5. The predicted molar refractivity (Wildman–Crippen MR) is 81.0 cm³/mol. The quantitative estimate of drug-likeness (QED) is 0.786. The third kappa shape index (κ3) is 3.26. The second-order valence-electron chi connectivity index (χ2n) is 7.34. The van der Waals surface area contributed by atoms with E-state index in [2.05, 4.69) is 11.8 Å². The molecule has 0 aromatic heterocycles. The normalized spacial score (nSPS) is 36.1. The minimum atomic E-state index is -0.0153. The van der Waals surface area contributed by atoms with Crippen molar-refractivity contribution in [1.82, 2.24) is 4.90 Å². The van der Waals surface area contributed by atoms with Crippen molar-refractivity contribution in [2.45, 2.75) is 63.6 Å². The molecule has 120 valence electrons. The SMILES string of the molecule is COC1COC2(CCN(C(=O)C3CCC(C)CC3)CC2)C1. The van der Waals surface area contributed by atoms with Crippen molar-refractivity contribution < 1.29 is 14.3 Å². The van der Waals surface area contributed by atoms with Crippen LogP contribution in [0.15, 0.2) is 0 Å². The maximum atomic E-state index is 12.6. The average molecular weight is 295 g/mol. The lowest BCUT2D eigenvalue weighted by Crippen LogP contribution is -2.48. The number of carbonyl (C=O) groups excluding carboxylic acids is 1. The van der Waals surface area contributed by atoms with Crippen molar-refractivity contribution in [3.8, 4) is 0 Å². The molecule has 1 amide bonds. The molecule has 2 aliphatic heterocycles. The Bertz CT molecular complexity index is 368. The third-order valence-corrected chi connectivity index (χ3v) is 5.86. The molecule has 1 unspecified atom stereocenters. The van der Waals surface area contributed by atoms with Crippen molar-refractivity contribution >= 4 is 5.91 Å². The summed E-state index contributed by atoms with van der Waals surface area (Å²) in [5, 5.41) is 0. The highest BCUT2D eigenvalue weighted by atomic mass is 16.6. The molecule has 21 heavy (non-hydrogen) atoms. The standard InChI is InChI=1S/C17H29NO3/c1-13-3-5-14(6-4-13)16(19)18-9-7-17(8-10-18)11-15(20-2)12-21-17/h13-15H,3-12H2,1-2H3. The molecule has 3 fully saturated rings. The van der Waals surface area contributed by atoms with Crippen LogP contribution in [0.3, 0.4) is 0 Å². The van der Waals surface area contributed by atoms with Gasteiger partial charge in [0, 0.05) is 32.5 Å². The van der Waals surface area contributed by atoms with E-state index in [0.29, 0.717) is 12.5 Å². The second kappa shape index (κ2) is 6.25. The minimum Gasteiger partial charge on any atom is -0.379 e. The Balaban J connectivity index is 1.50. The first kappa shape index (κ1) is 15.3. The highest BCUT2D eigenvalue weighted by Gasteiger charge is 2.44. The van der Waals surface area contributed by atoms with E-state index in [9.17, 15) is 4.79 Å². The Morgan fingerprint density at radius 2 is 1.86 bits per heavy atom. The number of piperidine rings is 1. The summed E-state index contributed by atoms with van der Waals surface area (Å²) in [4.78, 5) is 14.7. The molecular weight excluding hydrogens is 266 g/mol. The molecule has 2 heterocycles. The highest BCUT2D eigenvalue weighted by molar-refractivity contribution is 5.79. The van der Waals surface area contributed by atoms with Crippen LogP contribution in [0.25, 0.3) is 0 Å². The zero-order chi connectivity index (χ0) is 14.9. The van der Waals surface area contributed by atoms with Crippen LogP contribution in [0.5, 0.6) is 0 Å². The van der Waals surface area contributed by atoms with E-state index in [-0.39, 0.29) is 17.6 Å². The van der Waals surface area contributed by atoms with Crippen LogP contribution in [0, 0.1) is 11.8 Å². The predicted octanol–water partition coefficient (Wildman–Crippen LogP) is 2.61. The Kier molecular flexibility index (Phi) is 4.55. The summed E-state index contributed by atoms with van der Waals surface area (Å²) in [5.41, 5.74) is -0.0153. The van der Waals surface area contributed by atoms with E-state index in [4.69, 9.17) is 9.47 Å². The number of likely N-dealkylation sites (tertiary alicyclic amines) is 1. The molecule has 0 N–H and O–H groups in total. The fourth-order valence-corrected chi connectivity index (χ4v) is 4.20. The van der Waals surface area contributed by atoms with Crippen molar-refractivity contribution in [1.29, 1.82) is 0 Å². The number of hydrogen-bond donors (Lipinski definition) is 0. The summed E-state index contributed by atoms with van der Waals surface area (Å²) in [5.74, 6) is 1.49. The van der Waals surface area contributed by atoms with E-state index in [1.54, 1.807) is 7.11 Å². The first-order chi connectivity index (χ1) is 10.1. The lowest BCUT2D eigenvalue weighted by atomic mass is 9.81. The van der Waals surface area contributed by atoms with E-state index in [1.807, 2.05) is 0 Å². The summed E-state index contributed by atoms with van der Waals surface area (Å²) < 4.78 is 11.4. The second-order valence-corrected chi connectivity index (χ2v) is 7.34. The summed E-state index contributed by atoms with van der Waals surface area (Å²) in [7, 11) is 1.76. The molecule has 3 rings (SSSR count). The molecule has 1 aliphatic carbocycles. The van der Waals surface area contributed by atoms with Crippen LogP contribution < -0.4 is 0 Å². The van der Waals surface area contributed by atoms with Gasteiger partial charge in [-0.3, -0.25) is 4.79 Å². The van der Waals surface area contributed by atoms with E-state index in [1.165, 1.54) is 12.8 Å². The molecule has 0 aromatic rings. The maximum Gasteiger partial charge on any atom is 0.225 e. The lowest BCUT2D eigenvalue weighted by Gasteiger charge is -2.40. The smallest absolute Gasteiger partial charge is 0.225 e. The molecular formula is C17H29NO3. The van der Waals surface area contributed by atoms with Gasteiger partial charge in [0.05, 0.1) is 18.3 Å². The van der Waals surface area contributed by atoms with Crippen LogP contribution >= 0.6 is 0 Å². The number of hydrogen-bond acceptors (Lipinski definition) is 3. The molecule has 4 heteroatoms. The zero-order valence-corrected chi connectivity index (χ0v) is 13.5. The lowest BCUT2D eigenvalue weighted by molar-refractivity contribution is -0.141. The third-order valence-electron chi connectivity index (χ3n) is 5.86. The first-order valence-corrected chi connectivity index (χ1v) is 8.57. The van der Waals surface area contributed by atoms with Gasteiger partial charge in [-0.2, -0.15) is 0 Å². The fourth-order valence-electron chi connectivity index (χ4n) is 4.20. The average Bonchev–Trinajstić information content (AvgIpc) is 2.91. The Morgan fingerprint density at radius 3 is 2.43 bits per heavy atom. The first-order valence-electron chi connectivity index (χ1n) is 8.57. The maximum absolute atomic E-state index is 12.6. The minimum absolute atomic E-state index is 0.0153. The van der Waals surface area contributed by atoms with Crippen LogP contribution in [0.4, 0.5) is 0 Å². The number of nitrogens with zero attached hydrogens (tertiary/aromatic N) is 1. The molecule has 2 saturated heterocycles. The van der Waals surface area contributed by atoms with Gasteiger partial charge in [-0.15, -0.1) is 0 Å². The van der Waals surface area contributed by atoms with E-state index >= 15 is 0 Å². The molecule has 4 nitrogen and oxygen atoms in total. The molecule has 0 bridgehead atoms. The molecule has 1 atom stereocenters. The van der Waals surface area contributed by atoms with Crippen LogP contribution in [0.1, 0.15) is 51.9 Å². The summed E-state index contributed by atoms with van der Waals surface area (Å²) >= 11 is 0. The largest absolute Gasteiger partial charge is 0.379 e. The molecule has 0 radical (unpaired) electrons. The molecule has 1 saturated carbocycles. The molecule has 0 aromatic carbocycles. The summed E-state index contributed by atoms with van der Waals surface area (Å²) in [6.07, 6.45) is 7.79. The Morgan fingerprint density at radius 1 is 1.19 bits per heavy atom. The van der Waals surface area contributed by atoms with Gasteiger partial charge in [-0.1, -0.05) is 6.92 Å². The van der Waals surface area contributed by atoms with E-state index < -0.39 is 0 Å². The highest BCUT2D eigenvalue weighted by Crippen LogP contribution is 2.38. The topological polar surface area (TPSA) is 38.8 Å². The summed E-state index contributed by atoms with van der Waals surface area (Å²) in [6.45, 7) is 4.74. The number of amides is 1. The molecule has 3 aliphatic rings. The van der Waals surface area contributed by atoms with Crippen LogP contribution in [0.2, 0.25) is 0 Å². The van der Waals surface area contributed by atoms with Crippen molar-refractivity contribution in [2.75, 3.05) is 26.8 Å². The van der Waals surface area contributed by atoms with Crippen molar-refractivity contribution in [2.24, 2.45) is 11.8 Å². The van der Waals surface area contributed by atoms with Gasteiger partial charge in [-0.05, 0) is 44.4 Å². The van der Waals surface area contributed by atoms with Gasteiger partial charge in [0.25, 0.3) is 0 Å². The number of carbonyl (C=O) groups is 1. The Labute approximate surface area is 128 Å². The van der Waals surface area contributed by atoms with Crippen LogP contribution in [-0.2, 0) is 14.3 Å². The summed E-state index contributed by atoms with van der Waals surface area (Å²) in [6, 6.07) is 0. The number of rotatable bonds is 2. The fraction of sp³-hybridized carbons (Fsp3) is 0.941. The van der Waals surface area contributed by atoms with Crippen LogP contribution in [-0.4, -0.2) is 49.3 Å². The van der Waals surface area contributed by atoms with E-state index in [0.717, 1.165) is 51.1 Å². The molecule has 1 spiro atoms. The monoisotopic (exact) mass is 295 g/mol. The van der Waals surface area contributed by atoms with Gasteiger partial charge in [-0.25, -0.2) is 0 Å². The Hall–Kier alpha value is -0.610. The van der Waals surface area contributed by atoms with Gasteiger partial charge >= 0.3 is 0 Å². The van der Waals surface area contributed by atoms with Crippen molar-refractivity contribution in [3.63, 3.8) is 0 Å². The van der Waals surface area contributed by atoms with Gasteiger partial charge < -0.3 is 14.4 Å². The number of ether oxygens (including phenoxy) is 2. The van der Waals surface area contributed by atoms with Gasteiger partial charge in [0.2, 0.25) is 5.91 Å². The van der Waals surface area contributed by atoms with Gasteiger partial charge in [0.1, 0.15) is 0 Å². The van der Waals surface area contributed by atoms with Gasteiger partial charge in [0.15, 0.2) is 0 Å².